The second kappa shape index (κ2) is 7.80. The van der Waals surface area contributed by atoms with E-state index in [0.29, 0.717) is 18.1 Å². The van der Waals surface area contributed by atoms with Gasteiger partial charge in [0.05, 0.1) is 5.92 Å². The Balaban J connectivity index is 1.69. The summed E-state index contributed by atoms with van der Waals surface area (Å²) in [4.78, 5) is 28.7. The number of carbonyl (C=O) groups is 2. The first-order valence-corrected chi connectivity index (χ1v) is 9.58. The van der Waals surface area contributed by atoms with Crippen LogP contribution in [-0.4, -0.2) is 30.3 Å². The molecule has 1 aliphatic heterocycles. The van der Waals surface area contributed by atoms with Gasteiger partial charge in [0.15, 0.2) is 0 Å². The minimum atomic E-state index is -0.317. The third kappa shape index (κ3) is 4.10. The third-order valence-electron chi connectivity index (χ3n) is 4.63. The molecule has 0 bridgehead atoms. The first kappa shape index (κ1) is 18.9. The molecule has 0 N–H and O–H groups in total. The zero-order valence-corrected chi connectivity index (χ0v) is 17.0. The summed E-state index contributed by atoms with van der Waals surface area (Å²) in [5.41, 5.74) is 2.89. The molecule has 2 amide bonds. The smallest absolute Gasteiger partial charge is 0.228 e. The van der Waals surface area contributed by atoms with Crippen molar-refractivity contribution in [2.24, 2.45) is 5.92 Å². The van der Waals surface area contributed by atoms with Crippen molar-refractivity contribution in [3.8, 4) is 0 Å². The molecule has 1 fully saturated rings. The molecule has 1 heterocycles. The summed E-state index contributed by atoms with van der Waals surface area (Å²) in [7, 11) is 1.77. The second-order valence-corrected chi connectivity index (χ2v) is 8.01. The van der Waals surface area contributed by atoms with Crippen LogP contribution in [-0.2, 0) is 16.1 Å². The van der Waals surface area contributed by atoms with Crippen molar-refractivity contribution in [2.45, 2.75) is 19.9 Å². The van der Waals surface area contributed by atoms with E-state index in [1.54, 1.807) is 16.8 Å². The molecule has 0 aliphatic carbocycles. The Bertz CT molecular complexity index is 838. The van der Waals surface area contributed by atoms with Crippen molar-refractivity contribution in [1.82, 2.24) is 4.90 Å². The van der Waals surface area contributed by atoms with E-state index in [2.05, 4.69) is 15.9 Å². The predicted molar refractivity (Wildman–Crippen MR) is 107 cm³/mol. The number of carbonyl (C=O) groups excluding carboxylic acids is 2. The van der Waals surface area contributed by atoms with Crippen molar-refractivity contribution in [1.29, 1.82) is 0 Å². The van der Waals surface area contributed by atoms with E-state index < -0.39 is 0 Å². The Labute approximate surface area is 166 Å². The maximum Gasteiger partial charge on any atom is 0.228 e. The number of rotatable bonds is 4. The molecule has 0 aromatic heterocycles. The zero-order valence-electron chi connectivity index (χ0n) is 14.7. The minimum Gasteiger partial charge on any atom is -0.341 e. The van der Waals surface area contributed by atoms with Gasteiger partial charge in [0, 0.05) is 41.7 Å². The molecule has 1 unspecified atom stereocenters. The van der Waals surface area contributed by atoms with Gasteiger partial charge in [-0.1, -0.05) is 39.7 Å². The minimum absolute atomic E-state index is 0.00587. The zero-order chi connectivity index (χ0) is 18.8. The summed E-state index contributed by atoms with van der Waals surface area (Å²) in [6.07, 6.45) is 0.249. The van der Waals surface area contributed by atoms with Crippen LogP contribution in [0, 0.1) is 12.8 Å². The molecule has 1 atom stereocenters. The van der Waals surface area contributed by atoms with Crippen molar-refractivity contribution in [3.05, 3.63) is 63.1 Å². The van der Waals surface area contributed by atoms with Crippen LogP contribution in [0.15, 0.2) is 46.9 Å². The number of halogens is 2. The molecule has 0 spiro atoms. The molecule has 2 aromatic rings. The fourth-order valence-corrected chi connectivity index (χ4v) is 3.88. The highest BCUT2D eigenvalue weighted by Gasteiger charge is 2.36. The Morgan fingerprint density at radius 3 is 2.62 bits per heavy atom. The Kier molecular flexibility index (Phi) is 5.68. The fraction of sp³-hybridized carbons (Fsp3) is 0.300. The molecule has 26 heavy (non-hydrogen) atoms. The molecule has 6 heteroatoms. The lowest BCUT2D eigenvalue weighted by atomic mass is 10.1. The molecule has 1 aliphatic rings. The lowest BCUT2D eigenvalue weighted by molar-refractivity contribution is -0.135. The molecular weight excluding hydrogens is 416 g/mol. The van der Waals surface area contributed by atoms with E-state index in [9.17, 15) is 9.59 Å². The Morgan fingerprint density at radius 1 is 1.27 bits per heavy atom. The van der Waals surface area contributed by atoms with E-state index in [-0.39, 0.29) is 24.2 Å². The second-order valence-electron chi connectivity index (χ2n) is 6.66. The van der Waals surface area contributed by atoms with Gasteiger partial charge in [-0.05, 0) is 48.4 Å². The van der Waals surface area contributed by atoms with Gasteiger partial charge in [-0.2, -0.15) is 0 Å². The van der Waals surface area contributed by atoms with Crippen molar-refractivity contribution in [2.75, 3.05) is 18.5 Å². The van der Waals surface area contributed by atoms with Crippen LogP contribution in [0.3, 0.4) is 0 Å². The van der Waals surface area contributed by atoms with Gasteiger partial charge in [-0.25, -0.2) is 0 Å². The summed E-state index contributed by atoms with van der Waals surface area (Å²) >= 11 is 9.34. The van der Waals surface area contributed by atoms with Crippen molar-refractivity contribution >= 4 is 45.0 Å². The summed E-state index contributed by atoms with van der Waals surface area (Å²) in [6.45, 7) is 2.89. The largest absolute Gasteiger partial charge is 0.341 e. The number of benzene rings is 2. The number of aryl methyl sites for hydroxylation is 1. The van der Waals surface area contributed by atoms with Gasteiger partial charge < -0.3 is 9.80 Å². The van der Waals surface area contributed by atoms with Gasteiger partial charge in [0.1, 0.15) is 0 Å². The van der Waals surface area contributed by atoms with E-state index in [0.717, 1.165) is 21.3 Å². The highest BCUT2D eigenvalue weighted by atomic mass is 79.9. The predicted octanol–water partition coefficient (Wildman–Crippen LogP) is 4.42. The van der Waals surface area contributed by atoms with Gasteiger partial charge >= 0.3 is 0 Å². The number of nitrogens with zero attached hydrogens (tertiary/aromatic N) is 2. The van der Waals surface area contributed by atoms with Crippen LogP contribution in [0.2, 0.25) is 5.02 Å². The van der Waals surface area contributed by atoms with Gasteiger partial charge in [-0.15, -0.1) is 0 Å². The van der Waals surface area contributed by atoms with Gasteiger partial charge in [0.25, 0.3) is 0 Å². The van der Waals surface area contributed by atoms with Crippen LogP contribution >= 0.6 is 27.5 Å². The van der Waals surface area contributed by atoms with Crippen molar-refractivity contribution < 1.29 is 9.59 Å². The van der Waals surface area contributed by atoms with E-state index in [1.165, 1.54) is 0 Å². The number of anilines is 1. The average Bonchev–Trinajstić information content (AvgIpc) is 2.98. The lowest BCUT2D eigenvalue weighted by Gasteiger charge is -2.22. The van der Waals surface area contributed by atoms with Crippen LogP contribution in [0.4, 0.5) is 5.69 Å². The average molecular weight is 436 g/mol. The molecule has 0 saturated carbocycles. The maximum atomic E-state index is 12.8. The first-order valence-electron chi connectivity index (χ1n) is 8.41. The quantitative estimate of drug-likeness (QED) is 0.713. The number of hydrogen-bond acceptors (Lipinski definition) is 2. The summed E-state index contributed by atoms with van der Waals surface area (Å²) in [5.74, 6) is -0.331. The molecule has 3 rings (SSSR count). The maximum absolute atomic E-state index is 12.8. The third-order valence-corrected chi connectivity index (χ3v) is 5.38. The highest BCUT2D eigenvalue weighted by Crippen LogP contribution is 2.30. The fourth-order valence-electron chi connectivity index (χ4n) is 3.28. The summed E-state index contributed by atoms with van der Waals surface area (Å²) in [6, 6.07) is 13.2. The molecule has 1 saturated heterocycles. The highest BCUT2D eigenvalue weighted by molar-refractivity contribution is 9.10. The number of amides is 2. The molecule has 2 aromatic carbocycles. The van der Waals surface area contributed by atoms with Gasteiger partial charge in [0.2, 0.25) is 11.8 Å². The van der Waals surface area contributed by atoms with Gasteiger partial charge in [-0.3, -0.25) is 9.59 Å². The van der Waals surface area contributed by atoms with E-state index in [1.807, 2.05) is 49.4 Å². The monoisotopic (exact) mass is 434 g/mol. The SMILES string of the molecule is Cc1cc(Br)ccc1N1CC(C(=O)N(C)Cc2ccc(Cl)cc2)CC1=O. The summed E-state index contributed by atoms with van der Waals surface area (Å²) in [5, 5.41) is 0.671. The normalized spacial score (nSPS) is 16.8. The van der Waals surface area contributed by atoms with Crippen LogP contribution in [0.25, 0.3) is 0 Å². The van der Waals surface area contributed by atoms with E-state index in [4.69, 9.17) is 11.6 Å². The molecule has 136 valence electrons. The number of hydrogen-bond donors (Lipinski definition) is 0. The van der Waals surface area contributed by atoms with Crippen LogP contribution < -0.4 is 4.90 Å². The summed E-state index contributed by atoms with van der Waals surface area (Å²) < 4.78 is 0.973. The Hall–Kier alpha value is -1.85. The van der Waals surface area contributed by atoms with E-state index >= 15 is 0 Å². The first-order chi connectivity index (χ1) is 12.3. The Morgan fingerprint density at radius 2 is 1.96 bits per heavy atom. The standard InChI is InChI=1S/C20H20BrClN2O2/c1-13-9-16(21)5-8-18(13)24-12-15(10-19(24)25)20(26)23(2)11-14-3-6-17(22)7-4-14/h3-9,15H,10-12H2,1-2H3. The molecule has 0 radical (unpaired) electrons. The van der Waals surface area contributed by atoms with Crippen LogP contribution in [0.5, 0.6) is 0 Å². The lowest BCUT2D eigenvalue weighted by Crippen LogP contribution is -2.34. The topological polar surface area (TPSA) is 40.6 Å². The molecular formula is C20H20BrClN2O2. The molecule has 4 nitrogen and oxygen atoms in total. The van der Waals surface area contributed by atoms with Crippen LogP contribution in [0.1, 0.15) is 17.5 Å². The van der Waals surface area contributed by atoms with Crippen molar-refractivity contribution in [3.63, 3.8) is 0 Å².